The Balaban J connectivity index is 1.49. The zero-order valence-corrected chi connectivity index (χ0v) is 17.6. The van der Waals surface area contributed by atoms with Crippen LogP contribution in [0.2, 0.25) is 5.02 Å². The minimum Gasteiger partial charge on any atom is -0.322 e. The van der Waals surface area contributed by atoms with Crippen LogP contribution in [0.25, 0.3) is 0 Å². The Kier molecular flexibility index (Phi) is 7.31. The molecule has 4 N–H and O–H groups in total. The molecule has 156 valence electrons. The predicted octanol–water partition coefficient (Wildman–Crippen LogP) is 3.54. The van der Waals surface area contributed by atoms with Gasteiger partial charge in [0.1, 0.15) is 0 Å². The van der Waals surface area contributed by atoms with E-state index in [2.05, 4.69) is 21.5 Å². The zero-order valence-electron chi connectivity index (χ0n) is 16.0. The highest BCUT2D eigenvalue weighted by molar-refractivity contribution is 7.80. The highest BCUT2D eigenvalue weighted by atomic mass is 35.5. The van der Waals surface area contributed by atoms with Gasteiger partial charge in [0.25, 0.3) is 17.7 Å². The van der Waals surface area contributed by atoms with Crippen LogP contribution in [0.1, 0.15) is 31.1 Å². The summed E-state index contributed by atoms with van der Waals surface area (Å²) in [6.07, 6.45) is 0. The van der Waals surface area contributed by atoms with Crippen LogP contribution in [0, 0.1) is 0 Å². The van der Waals surface area contributed by atoms with Gasteiger partial charge in [-0.2, -0.15) is 0 Å². The molecule has 0 aliphatic heterocycles. The number of halogens is 1. The Morgan fingerprint density at radius 1 is 0.645 bits per heavy atom. The van der Waals surface area contributed by atoms with Crippen molar-refractivity contribution in [2.24, 2.45) is 0 Å². The number of thiocarbonyl (C=S) groups is 1. The minimum atomic E-state index is -0.468. The first-order valence-corrected chi connectivity index (χ1v) is 9.85. The van der Waals surface area contributed by atoms with E-state index in [1.54, 1.807) is 72.8 Å². The van der Waals surface area contributed by atoms with Gasteiger partial charge in [-0.25, -0.2) is 0 Å². The van der Waals surface area contributed by atoms with E-state index in [-0.39, 0.29) is 11.0 Å². The molecule has 3 aromatic carbocycles. The maximum absolute atomic E-state index is 12.2. The highest BCUT2D eigenvalue weighted by Gasteiger charge is 2.10. The summed E-state index contributed by atoms with van der Waals surface area (Å²) in [7, 11) is 0. The van der Waals surface area contributed by atoms with E-state index in [9.17, 15) is 14.4 Å². The van der Waals surface area contributed by atoms with E-state index >= 15 is 0 Å². The Labute approximate surface area is 188 Å². The fraction of sp³-hybridized carbons (Fsp3) is 0. The Morgan fingerprint density at radius 2 is 1.19 bits per heavy atom. The van der Waals surface area contributed by atoms with Crippen LogP contribution in [-0.2, 0) is 0 Å². The Bertz CT molecular complexity index is 1100. The molecule has 0 unspecified atom stereocenters. The molecule has 0 aliphatic rings. The number of hydrazine groups is 1. The largest absolute Gasteiger partial charge is 0.322 e. The topological polar surface area (TPSA) is 99.3 Å². The monoisotopic (exact) mass is 452 g/mol. The van der Waals surface area contributed by atoms with Crippen LogP contribution in [0.15, 0.2) is 78.9 Å². The summed E-state index contributed by atoms with van der Waals surface area (Å²) in [4.78, 5) is 36.5. The third-order valence-corrected chi connectivity index (χ3v) is 4.52. The van der Waals surface area contributed by atoms with Gasteiger partial charge in [0, 0.05) is 27.4 Å². The van der Waals surface area contributed by atoms with Gasteiger partial charge < -0.3 is 5.32 Å². The van der Waals surface area contributed by atoms with Gasteiger partial charge >= 0.3 is 0 Å². The van der Waals surface area contributed by atoms with Gasteiger partial charge in [-0.15, -0.1) is 0 Å². The van der Waals surface area contributed by atoms with Crippen molar-refractivity contribution < 1.29 is 14.4 Å². The molecule has 31 heavy (non-hydrogen) atoms. The fourth-order valence-corrected chi connectivity index (χ4v) is 2.76. The first-order chi connectivity index (χ1) is 14.9. The molecule has 0 heterocycles. The first-order valence-electron chi connectivity index (χ1n) is 9.06. The smallest absolute Gasteiger partial charge is 0.269 e. The van der Waals surface area contributed by atoms with Crippen molar-refractivity contribution in [1.82, 2.24) is 16.2 Å². The maximum atomic E-state index is 12.2. The number of anilines is 1. The van der Waals surface area contributed by atoms with Crippen molar-refractivity contribution in [3.8, 4) is 0 Å². The van der Waals surface area contributed by atoms with Crippen LogP contribution in [0.5, 0.6) is 0 Å². The van der Waals surface area contributed by atoms with Gasteiger partial charge in [-0.05, 0) is 72.9 Å². The number of rotatable bonds is 4. The van der Waals surface area contributed by atoms with Crippen LogP contribution in [0.3, 0.4) is 0 Å². The molecule has 9 heteroatoms. The third-order valence-electron chi connectivity index (χ3n) is 4.06. The molecule has 7 nitrogen and oxygen atoms in total. The number of carbonyl (C=O) groups excluding carboxylic acids is 3. The molecule has 0 fully saturated rings. The van der Waals surface area contributed by atoms with Crippen LogP contribution < -0.4 is 21.5 Å². The van der Waals surface area contributed by atoms with Crippen LogP contribution in [-0.4, -0.2) is 22.8 Å². The van der Waals surface area contributed by atoms with Crippen molar-refractivity contribution in [1.29, 1.82) is 0 Å². The molecule has 0 radical (unpaired) electrons. The van der Waals surface area contributed by atoms with Gasteiger partial charge in [0.2, 0.25) is 0 Å². The lowest BCUT2D eigenvalue weighted by Gasteiger charge is -2.11. The van der Waals surface area contributed by atoms with Gasteiger partial charge in [0.05, 0.1) is 0 Å². The Hall–Kier alpha value is -3.75. The molecule has 0 spiro atoms. The molecule has 0 bridgehead atoms. The third kappa shape index (κ3) is 6.36. The molecule has 0 saturated carbocycles. The van der Waals surface area contributed by atoms with E-state index in [1.807, 2.05) is 6.07 Å². The van der Waals surface area contributed by atoms with Crippen molar-refractivity contribution in [2.75, 3.05) is 5.32 Å². The van der Waals surface area contributed by atoms with Gasteiger partial charge in [-0.1, -0.05) is 29.8 Å². The maximum Gasteiger partial charge on any atom is 0.269 e. The number of nitrogens with one attached hydrogen (secondary N) is 4. The van der Waals surface area contributed by atoms with Crippen LogP contribution in [0.4, 0.5) is 5.69 Å². The summed E-state index contributed by atoms with van der Waals surface area (Å²) in [6.45, 7) is 0. The van der Waals surface area contributed by atoms with E-state index in [4.69, 9.17) is 23.8 Å². The number of carbonyl (C=O) groups is 3. The van der Waals surface area contributed by atoms with Crippen LogP contribution >= 0.6 is 23.8 Å². The molecule has 0 aromatic heterocycles. The van der Waals surface area contributed by atoms with E-state index in [1.165, 1.54) is 0 Å². The van der Waals surface area contributed by atoms with Crippen molar-refractivity contribution in [3.05, 3.63) is 101 Å². The molecule has 3 rings (SSSR count). The quantitative estimate of drug-likeness (QED) is 0.358. The second kappa shape index (κ2) is 10.3. The summed E-state index contributed by atoms with van der Waals surface area (Å²) >= 11 is 10.8. The summed E-state index contributed by atoms with van der Waals surface area (Å²) in [6, 6.07) is 21.4. The number of hydrogen-bond acceptors (Lipinski definition) is 4. The molecule has 3 amide bonds. The summed E-state index contributed by atoms with van der Waals surface area (Å²) in [5.41, 5.74) is 6.64. The molecule has 0 atom stereocenters. The summed E-state index contributed by atoms with van der Waals surface area (Å²) in [5, 5.41) is 5.64. The van der Waals surface area contributed by atoms with Crippen molar-refractivity contribution >= 4 is 52.3 Å². The van der Waals surface area contributed by atoms with Gasteiger partial charge in [-0.3, -0.25) is 30.6 Å². The summed E-state index contributed by atoms with van der Waals surface area (Å²) in [5.74, 6) is -1.16. The van der Waals surface area contributed by atoms with Crippen molar-refractivity contribution in [3.63, 3.8) is 0 Å². The predicted molar refractivity (Wildman–Crippen MR) is 123 cm³/mol. The number of hydrogen-bond donors (Lipinski definition) is 4. The number of amides is 3. The second-order valence-corrected chi connectivity index (χ2v) is 7.11. The lowest BCUT2D eigenvalue weighted by molar-refractivity contribution is 0.0934. The lowest BCUT2D eigenvalue weighted by Crippen LogP contribution is -2.48. The number of benzene rings is 3. The minimum absolute atomic E-state index is 0.0694. The molecule has 0 aliphatic carbocycles. The average molecular weight is 453 g/mol. The SMILES string of the molecule is O=C(NNC(=S)NC(=O)c1ccc(Cl)cc1)c1ccc(NC(=O)c2ccccc2)cc1. The van der Waals surface area contributed by atoms with Crippen molar-refractivity contribution in [2.45, 2.75) is 0 Å². The van der Waals surface area contributed by atoms with E-state index < -0.39 is 11.8 Å². The Morgan fingerprint density at radius 3 is 1.84 bits per heavy atom. The molecular weight excluding hydrogens is 436 g/mol. The zero-order chi connectivity index (χ0) is 22.2. The molecular formula is C22H17ClN4O3S. The standard InChI is InChI=1S/C22H17ClN4O3S/c23-17-10-6-15(7-11-17)20(29)25-22(31)27-26-21(30)16-8-12-18(13-9-16)24-19(28)14-4-2-1-3-5-14/h1-13H,(H,24,28)(H,26,30)(H2,25,27,29,31). The second-order valence-electron chi connectivity index (χ2n) is 6.27. The van der Waals surface area contributed by atoms with E-state index in [0.717, 1.165) is 0 Å². The molecule has 0 saturated heterocycles. The fourth-order valence-electron chi connectivity index (χ4n) is 2.49. The van der Waals surface area contributed by atoms with E-state index in [0.29, 0.717) is 27.4 Å². The first kappa shape index (κ1) is 21.9. The molecule has 3 aromatic rings. The normalized spacial score (nSPS) is 9.97. The lowest BCUT2D eigenvalue weighted by atomic mass is 10.1. The van der Waals surface area contributed by atoms with Gasteiger partial charge in [0.15, 0.2) is 5.11 Å². The highest BCUT2D eigenvalue weighted by Crippen LogP contribution is 2.12. The summed E-state index contributed by atoms with van der Waals surface area (Å²) < 4.78 is 0. The average Bonchev–Trinajstić information content (AvgIpc) is 2.79.